The fraction of sp³-hybridized carbons (Fsp3) is 0.629. The highest BCUT2D eigenvalue weighted by molar-refractivity contribution is 7.85. The number of aliphatic carboxylic acids is 1. The Morgan fingerprint density at radius 2 is 1.71 bits per heavy atom. The molecule has 3 heterocycles. The van der Waals surface area contributed by atoms with Crippen LogP contribution in [0.3, 0.4) is 0 Å². The number of hydrogen-bond donors (Lipinski definition) is 6. The Hall–Kier alpha value is -4.02. The van der Waals surface area contributed by atoms with Gasteiger partial charge in [-0.05, 0) is 58.1 Å². The van der Waals surface area contributed by atoms with E-state index < -0.39 is 87.8 Å². The van der Waals surface area contributed by atoms with E-state index >= 15 is 0 Å². The first kappa shape index (κ1) is 43.7. The van der Waals surface area contributed by atoms with Crippen LogP contribution in [0.5, 0.6) is 5.75 Å². The van der Waals surface area contributed by atoms with Crippen LogP contribution >= 0.6 is 0 Å². The number of imide groups is 1. The third kappa shape index (κ3) is 12.2. The minimum absolute atomic E-state index is 0.000964. The van der Waals surface area contributed by atoms with E-state index in [9.17, 15) is 52.8 Å². The number of esters is 1. The fourth-order valence-electron chi connectivity index (χ4n) is 6.21. The second-order valence-electron chi connectivity index (χ2n) is 14.6. The Morgan fingerprint density at radius 3 is 2.35 bits per heavy atom. The van der Waals surface area contributed by atoms with Gasteiger partial charge < -0.3 is 44.7 Å². The van der Waals surface area contributed by atoms with Crippen molar-refractivity contribution in [2.45, 2.75) is 95.9 Å². The molecule has 20 heteroatoms. The number of carboxylic acids is 1. The number of nitrogens with one attached hydrogen (secondary N) is 1. The van der Waals surface area contributed by atoms with Gasteiger partial charge in [-0.25, -0.2) is 4.79 Å². The van der Waals surface area contributed by atoms with Gasteiger partial charge in [-0.15, -0.1) is 0 Å². The average Bonchev–Trinajstić information content (AvgIpc) is 3.65. The standard InChI is InChI=1S/C35H49N3O16S/c1-35(2,3)34(47)52-18-21-8-7-20(14-24(21)53-33-30(44)28(42)29(43)31(54-33)32(45)46)6-4-5-11-36-25(39)17-37-16-22(38-26(40)9-10-27(38)41)15-23(37)19-51-12-13-55(48,49)50/h7-10,14,22-23,28-31,33,42-44H,4-6,11-13,15-19H2,1-3H3,(H,36,39)(H,45,46)(H,48,49,50)/t22-,23-,28-,29-,30+,31-,33+/m0/s1. The highest BCUT2D eigenvalue weighted by Gasteiger charge is 2.48. The van der Waals surface area contributed by atoms with Crippen LogP contribution in [0.15, 0.2) is 30.4 Å². The summed E-state index contributed by atoms with van der Waals surface area (Å²) in [6, 6.07) is 4.04. The van der Waals surface area contributed by atoms with Gasteiger partial charge in [0.05, 0.1) is 37.0 Å². The number of carbonyl (C=O) groups excluding carboxylic acids is 4. The number of rotatable bonds is 18. The number of aliphatic hydroxyl groups is 3. The van der Waals surface area contributed by atoms with Gasteiger partial charge in [-0.2, -0.15) is 8.42 Å². The molecule has 1 aromatic rings. The zero-order chi connectivity index (χ0) is 40.7. The summed E-state index contributed by atoms with van der Waals surface area (Å²) >= 11 is 0. The first-order chi connectivity index (χ1) is 25.7. The summed E-state index contributed by atoms with van der Waals surface area (Å²) in [5.41, 5.74) is 0.285. The number of amides is 3. The lowest BCUT2D eigenvalue weighted by Crippen LogP contribution is -2.61. The molecule has 306 valence electrons. The fourth-order valence-corrected chi connectivity index (χ4v) is 6.54. The highest BCUT2D eigenvalue weighted by atomic mass is 32.2. The van der Waals surface area contributed by atoms with Gasteiger partial charge in [-0.3, -0.25) is 33.5 Å². The van der Waals surface area contributed by atoms with Gasteiger partial charge in [0.15, 0.2) is 6.10 Å². The molecule has 3 aliphatic heterocycles. The third-order valence-electron chi connectivity index (χ3n) is 9.23. The second-order valence-corrected chi connectivity index (χ2v) is 16.2. The number of unbranched alkanes of at least 4 members (excludes halogenated alkanes) is 1. The number of nitrogens with zero attached hydrogens (tertiary/aromatic N) is 2. The average molecular weight is 800 g/mol. The lowest BCUT2D eigenvalue weighted by Gasteiger charge is -2.38. The quantitative estimate of drug-likeness (QED) is 0.0438. The third-order valence-corrected chi connectivity index (χ3v) is 9.91. The van der Waals surface area contributed by atoms with Crippen LogP contribution in [0.4, 0.5) is 0 Å². The Kier molecular flexibility index (Phi) is 14.9. The van der Waals surface area contributed by atoms with Crippen LogP contribution < -0.4 is 10.1 Å². The van der Waals surface area contributed by atoms with E-state index in [-0.39, 0.29) is 44.6 Å². The van der Waals surface area contributed by atoms with Crippen molar-refractivity contribution in [1.29, 1.82) is 0 Å². The molecule has 3 aliphatic rings. The highest BCUT2D eigenvalue weighted by Crippen LogP contribution is 2.30. The van der Waals surface area contributed by atoms with Crippen molar-refractivity contribution in [2.24, 2.45) is 5.41 Å². The number of likely N-dealkylation sites (tertiary alicyclic amines) is 1. The first-order valence-electron chi connectivity index (χ1n) is 17.7. The molecular weight excluding hydrogens is 750 g/mol. The van der Waals surface area contributed by atoms with Crippen molar-refractivity contribution in [3.63, 3.8) is 0 Å². The van der Waals surface area contributed by atoms with Crippen molar-refractivity contribution in [3.8, 4) is 5.75 Å². The SMILES string of the molecule is CC(C)(C)C(=O)OCc1ccc(CCCCNC(=O)CN2C[C@@H](N3C(=O)C=CC3=O)C[C@H]2COCCS(=O)(=O)O)cc1O[C@@H]1O[C@H](C(=O)O)[C@@H](O)[C@H](O)[C@H]1O. The van der Waals surface area contributed by atoms with Crippen molar-refractivity contribution < 1.29 is 76.3 Å². The van der Waals surface area contributed by atoms with E-state index in [2.05, 4.69) is 5.32 Å². The van der Waals surface area contributed by atoms with E-state index in [0.717, 1.165) is 10.5 Å². The lowest BCUT2D eigenvalue weighted by atomic mass is 9.97. The Labute approximate surface area is 317 Å². The molecule has 2 saturated heterocycles. The number of aliphatic hydroxyl groups excluding tert-OH is 3. The van der Waals surface area contributed by atoms with E-state index in [0.29, 0.717) is 37.8 Å². The Bertz CT molecular complexity index is 1690. The molecule has 6 N–H and O–H groups in total. The maximum absolute atomic E-state index is 13.0. The summed E-state index contributed by atoms with van der Waals surface area (Å²) in [4.78, 5) is 64.4. The Balaban J connectivity index is 1.33. The molecule has 0 radical (unpaired) electrons. The van der Waals surface area contributed by atoms with E-state index in [1.165, 1.54) is 12.2 Å². The van der Waals surface area contributed by atoms with Gasteiger partial charge in [0.25, 0.3) is 21.9 Å². The van der Waals surface area contributed by atoms with Crippen molar-refractivity contribution in [1.82, 2.24) is 15.1 Å². The van der Waals surface area contributed by atoms with Crippen molar-refractivity contribution in [3.05, 3.63) is 41.5 Å². The van der Waals surface area contributed by atoms with Crippen LogP contribution in [0.1, 0.15) is 51.2 Å². The maximum atomic E-state index is 13.0. The molecule has 7 atom stereocenters. The predicted octanol–water partition coefficient (Wildman–Crippen LogP) is -1.24. The molecule has 0 aliphatic carbocycles. The van der Waals surface area contributed by atoms with Crippen LogP contribution in [0.2, 0.25) is 0 Å². The number of carboxylic acid groups (broad SMARTS) is 1. The van der Waals surface area contributed by atoms with Gasteiger partial charge in [0.1, 0.15) is 30.7 Å². The summed E-state index contributed by atoms with van der Waals surface area (Å²) in [6.45, 7) is 4.93. The Morgan fingerprint density at radius 1 is 1.02 bits per heavy atom. The second kappa shape index (κ2) is 18.7. The van der Waals surface area contributed by atoms with Gasteiger partial charge in [-0.1, -0.05) is 12.1 Å². The van der Waals surface area contributed by atoms with Gasteiger partial charge in [0.2, 0.25) is 12.2 Å². The molecule has 2 fully saturated rings. The first-order valence-corrected chi connectivity index (χ1v) is 19.3. The number of aryl methyl sites for hydroxylation is 1. The van der Waals surface area contributed by atoms with Gasteiger partial charge in [0, 0.05) is 36.8 Å². The summed E-state index contributed by atoms with van der Waals surface area (Å²) in [6.07, 6.45) is -4.96. The molecule has 4 rings (SSSR count). The number of benzene rings is 1. The zero-order valence-electron chi connectivity index (χ0n) is 30.7. The van der Waals surface area contributed by atoms with Gasteiger partial charge >= 0.3 is 11.9 Å². The van der Waals surface area contributed by atoms with Crippen molar-refractivity contribution in [2.75, 3.05) is 38.6 Å². The summed E-state index contributed by atoms with van der Waals surface area (Å²) in [5.74, 6) is -3.86. The smallest absolute Gasteiger partial charge is 0.335 e. The molecule has 0 saturated carbocycles. The number of carbonyl (C=O) groups is 5. The maximum Gasteiger partial charge on any atom is 0.335 e. The minimum atomic E-state index is -4.23. The molecule has 55 heavy (non-hydrogen) atoms. The molecule has 19 nitrogen and oxygen atoms in total. The molecule has 0 unspecified atom stereocenters. The van der Waals surface area contributed by atoms with E-state index in [4.69, 9.17) is 23.5 Å². The molecule has 0 spiro atoms. The van der Waals surface area contributed by atoms with Crippen LogP contribution in [0, 0.1) is 5.41 Å². The number of ether oxygens (including phenoxy) is 4. The summed E-state index contributed by atoms with van der Waals surface area (Å²) < 4.78 is 53.1. The predicted molar refractivity (Wildman–Crippen MR) is 189 cm³/mol. The lowest BCUT2D eigenvalue weighted by molar-refractivity contribution is -0.271. The topological polar surface area (TPSA) is 276 Å². The zero-order valence-corrected chi connectivity index (χ0v) is 31.6. The minimum Gasteiger partial charge on any atom is -0.479 e. The monoisotopic (exact) mass is 799 g/mol. The van der Waals surface area contributed by atoms with Crippen LogP contribution in [0.25, 0.3) is 0 Å². The van der Waals surface area contributed by atoms with Crippen LogP contribution in [-0.4, -0.2) is 154 Å². The molecule has 1 aromatic carbocycles. The van der Waals surface area contributed by atoms with E-state index in [1.54, 1.807) is 43.9 Å². The molecule has 0 bridgehead atoms. The van der Waals surface area contributed by atoms with Crippen LogP contribution in [-0.2, 0) is 61.3 Å². The molecule has 0 aromatic heterocycles. The molecular formula is C35H49N3O16S. The summed E-state index contributed by atoms with van der Waals surface area (Å²) in [7, 11) is -4.23. The summed E-state index contributed by atoms with van der Waals surface area (Å²) in [5, 5.41) is 43.1. The normalized spacial score (nSPS) is 26.0. The van der Waals surface area contributed by atoms with Crippen molar-refractivity contribution >= 4 is 39.8 Å². The largest absolute Gasteiger partial charge is 0.479 e. The van der Waals surface area contributed by atoms with E-state index in [1.807, 2.05) is 0 Å². The number of hydrogen-bond acceptors (Lipinski definition) is 15. The molecule has 3 amide bonds.